The summed E-state index contributed by atoms with van der Waals surface area (Å²) in [5, 5.41) is 2.82. The summed E-state index contributed by atoms with van der Waals surface area (Å²) in [5.41, 5.74) is 0.794. The van der Waals surface area contributed by atoms with Crippen molar-refractivity contribution in [2.24, 2.45) is 0 Å². The van der Waals surface area contributed by atoms with E-state index < -0.39 is 0 Å². The molecule has 0 saturated carbocycles. The van der Waals surface area contributed by atoms with Crippen molar-refractivity contribution in [3.8, 4) is 0 Å². The fourth-order valence-electron chi connectivity index (χ4n) is 1.96. The van der Waals surface area contributed by atoms with Gasteiger partial charge in [-0.15, -0.1) is 0 Å². The highest BCUT2D eigenvalue weighted by atomic mass is 32.2. The van der Waals surface area contributed by atoms with E-state index in [4.69, 9.17) is 0 Å². The van der Waals surface area contributed by atoms with Gasteiger partial charge in [0.1, 0.15) is 5.82 Å². The van der Waals surface area contributed by atoms with Crippen molar-refractivity contribution in [1.29, 1.82) is 0 Å². The number of hydrogen-bond acceptors (Lipinski definition) is 4. The van der Waals surface area contributed by atoms with Gasteiger partial charge in [0.05, 0.1) is 17.5 Å². The van der Waals surface area contributed by atoms with E-state index in [0.717, 1.165) is 5.56 Å². The molecule has 0 unspecified atom stereocenters. The largest absolute Gasteiger partial charge is 0.353 e. The molecule has 1 aromatic carbocycles. The summed E-state index contributed by atoms with van der Waals surface area (Å²) in [6.45, 7) is 0.307. The zero-order valence-electron chi connectivity index (χ0n) is 13.0. The number of carbonyl (C=O) groups is 2. The molecule has 1 atom stereocenters. The average molecular weight is 344 g/mol. The summed E-state index contributed by atoms with van der Waals surface area (Å²) in [6.07, 6.45) is 3.71. The third-order valence-electron chi connectivity index (χ3n) is 3.15. The fourth-order valence-corrected chi connectivity index (χ4v) is 2.77. The van der Waals surface area contributed by atoms with E-state index in [1.54, 1.807) is 24.1 Å². The Morgan fingerprint density at radius 2 is 1.77 bits per heavy atom. The predicted octanol–water partition coefficient (Wildman–Crippen LogP) is 2.17. The van der Waals surface area contributed by atoms with Crippen LogP contribution in [0.3, 0.4) is 0 Å². The number of likely N-dealkylation sites (N-methyl/N-ethyl adjacent to an activating group) is 1. The van der Waals surface area contributed by atoms with E-state index >= 15 is 0 Å². The Kier molecular flexibility index (Phi) is 8.34. The third kappa shape index (κ3) is 5.88. The summed E-state index contributed by atoms with van der Waals surface area (Å²) in [4.78, 5) is 25.4. The van der Waals surface area contributed by atoms with E-state index in [9.17, 15) is 14.0 Å². The van der Waals surface area contributed by atoms with Gasteiger partial charge in [0.25, 0.3) is 0 Å². The Balaban J connectivity index is 2.86. The Labute approximate surface area is 139 Å². The zero-order chi connectivity index (χ0) is 16.5. The van der Waals surface area contributed by atoms with Crippen molar-refractivity contribution < 1.29 is 14.0 Å². The van der Waals surface area contributed by atoms with E-state index in [1.165, 1.54) is 35.7 Å². The van der Waals surface area contributed by atoms with Crippen LogP contribution in [0.1, 0.15) is 11.6 Å². The highest BCUT2D eigenvalue weighted by molar-refractivity contribution is 7.99. The van der Waals surface area contributed by atoms with Crippen molar-refractivity contribution in [2.45, 2.75) is 6.04 Å². The maximum Gasteiger partial charge on any atom is 0.232 e. The smallest absolute Gasteiger partial charge is 0.232 e. The van der Waals surface area contributed by atoms with Gasteiger partial charge in [-0.1, -0.05) is 12.1 Å². The van der Waals surface area contributed by atoms with Crippen molar-refractivity contribution >= 4 is 35.3 Å². The summed E-state index contributed by atoms with van der Waals surface area (Å²) in [6, 6.07) is 5.69. The molecule has 0 aliphatic heterocycles. The first-order chi connectivity index (χ1) is 10.5. The van der Waals surface area contributed by atoms with Crippen LogP contribution in [-0.4, -0.2) is 54.3 Å². The van der Waals surface area contributed by atoms with Crippen molar-refractivity contribution in [3.05, 3.63) is 35.6 Å². The van der Waals surface area contributed by atoms with Crippen molar-refractivity contribution in [1.82, 2.24) is 10.2 Å². The Hall–Kier alpha value is -1.21. The van der Waals surface area contributed by atoms with Gasteiger partial charge in [0.15, 0.2) is 0 Å². The molecule has 7 heteroatoms. The lowest BCUT2D eigenvalue weighted by Gasteiger charge is -2.29. The van der Waals surface area contributed by atoms with Crippen LogP contribution in [0.15, 0.2) is 24.3 Å². The summed E-state index contributed by atoms with van der Waals surface area (Å²) in [7, 11) is 1.70. The maximum absolute atomic E-state index is 13.1. The monoisotopic (exact) mass is 344 g/mol. The fraction of sp³-hybridized carbons (Fsp3) is 0.467. The molecule has 0 aromatic heterocycles. The van der Waals surface area contributed by atoms with Gasteiger partial charge in [-0.2, -0.15) is 23.5 Å². The molecule has 4 nitrogen and oxygen atoms in total. The van der Waals surface area contributed by atoms with Crippen LogP contribution in [0.25, 0.3) is 0 Å². The minimum atomic E-state index is -0.327. The van der Waals surface area contributed by atoms with Gasteiger partial charge >= 0.3 is 0 Å². The topological polar surface area (TPSA) is 49.4 Å². The molecule has 22 heavy (non-hydrogen) atoms. The lowest BCUT2D eigenvalue weighted by molar-refractivity contribution is -0.130. The molecule has 0 aliphatic carbocycles. The normalized spacial score (nSPS) is 11.8. The first-order valence-corrected chi connectivity index (χ1v) is 9.54. The van der Waals surface area contributed by atoms with Crippen molar-refractivity contribution in [2.75, 3.05) is 37.6 Å². The molecule has 122 valence electrons. The average Bonchev–Trinajstić information content (AvgIpc) is 2.49. The quantitative estimate of drug-likeness (QED) is 0.785. The van der Waals surface area contributed by atoms with E-state index in [1.807, 2.05) is 12.5 Å². The number of hydrogen-bond donors (Lipinski definition) is 1. The third-order valence-corrected chi connectivity index (χ3v) is 4.24. The van der Waals surface area contributed by atoms with Gasteiger partial charge in [-0.25, -0.2) is 4.39 Å². The second-order valence-electron chi connectivity index (χ2n) is 4.74. The SMILES string of the molecule is CSCC(=O)NC[C@@H](c1ccc(F)cc1)N(C)C(=O)CSC. The standard InChI is InChI=1S/C15H21FN2O2S2/c1-18(15(20)10-22-3)13(8-17-14(19)9-21-2)11-4-6-12(16)7-5-11/h4-7,13H,8-10H2,1-3H3,(H,17,19)/t13-/m0/s1. The summed E-state index contributed by atoms with van der Waals surface area (Å²) < 4.78 is 13.1. The van der Waals surface area contributed by atoms with Crippen LogP contribution in [-0.2, 0) is 9.59 Å². The van der Waals surface area contributed by atoms with Gasteiger partial charge in [0.2, 0.25) is 11.8 Å². The number of thioether (sulfide) groups is 2. The number of carbonyl (C=O) groups excluding carboxylic acids is 2. The van der Waals surface area contributed by atoms with E-state index in [-0.39, 0.29) is 23.7 Å². The van der Waals surface area contributed by atoms with Crippen LogP contribution in [0.2, 0.25) is 0 Å². The first kappa shape index (κ1) is 18.8. The Bertz CT molecular complexity index is 497. The molecule has 0 aliphatic rings. The summed E-state index contributed by atoms with van der Waals surface area (Å²) in [5.74, 6) is 0.309. The van der Waals surface area contributed by atoms with Crippen LogP contribution in [0, 0.1) is 5.82 Å². The number of benzene rings is 1. The van der Waals surface area contributed by atoms with Crippen molar-refractivity contribution in [3.63, 3.8) is 0 Å². The number of nitrogens with one attached hydrogen (secondary N) is 1. The molecule has 0 saturated heterocycles. The number of nitrogens with zero attached hydrogens (tertiary/aromatic N) is 1. The number of amides is 2. The molecule has 1 rings (SSSR count). The van der Waals surface area contributed by atoms with Crippen LogP contribution >= 0.6 is 23.5 Å². The molecule has 0 bridgehead atoms. The predicted molar refractivity (Wildman–Crippen MR) is 91.7 cm³/mol. The molecule has 0 heterocycles. The molecule has 1 N–H and O–H groups in total. The minimum absolute atomic E-state index is 0.0269. The molecule has 1 aromatic rings. The highest BCUT2D eigenvalue weighted by Gasteiger charge is 2.22. The molecule has 0 radical (unpaired) electrons. The van der Waals surface area contributed by atoms with Crippen LogP contribution < -0.4 is 5.32 Å². The van der Waals surface area contributed by atoms with Gasteiger partial charge < -0.3 is 10.2 Å². The van der Waals surface area contributed by atoms with Gasteiger partial charge in [-0.05, 0) is 30.2 Å². The number of halogens is 1. The summed E-state index contributed by atoms with van der Waals surface area (Å²) >= 11 is 2.88. The van der Waals surface area contributed by atoms with E-state index in [0.29, 0.717) is 18.1 Å². The minimum Gasteiger partial charge on any atom is -0.353 e. The second kappa shape index (κ2) is 9.74. The molecular formula is C15H21FN2O2S2. The van der Waals surface area contributed by atoms with Gasteiger partial charge in [-0.3, -0.25) is 9.59 Å². The number of rotatable bonds is 8. The second-order valence-corrected chi connectivity index (χ2v) is 6.47. The molecule has 2 amide bonds. The first-order valence-electron chi connectivity index (χ1n) is 6.75. The van der Waals surface area contributed by atoms with Crippen LogP contribution in [0.5, 0.6) is 0 Å². The lowest BCUT2D eigenvalue weighted by Crippen LogP contribution is -2.40. The van der Waals surface area contributed by atoms with E-state index in [2.05, 4.69) is 5.32 Å². The molecule has 0 spiro atoms. The lowest BCUT2D eigenvalue weighted by atomic mass is 10.1. The Morgan fingerprint density at radius 3 is 2.32 bits per heavy atom. The zero-order valence-corrected chi connectivity index (χ0v) is 14.6. The van der Waals surface area contributed by atoms with Gasteiger partial charge in [0, 0.05) is 13.6 Å². The molecule has 0 fully saturated rings. The Morgan fingerprint density at radius 1 is 1.18 bits per heavy atom. The highest BCUT2D eigenvalue weighted by Crippen LogP contribution is 2.20. The maximum atomic E-state index is 13.1. The van der Waals surface area contributed by atoms with Crippen LogP contribution in [0.4, 0.5) is 4.39 Å². The molecular weight excluding hydrogens is 323 g/mol.